The molecule has 1 aromatic carbocycles. The highest BCUT2D eigenvalue weighted by atomic mass is 16.5. The van der Waals surface area contributed by atoms with Crippen LogP contribution in [0.3, 0.4) is 0 Å². The zero-order valence-electron chi connectivity index (χ0n) is 9.40. The maximum absolute atomic E-state index is 10.3. The van der Waals surface area contributed by atoms with Crippen molar-refractivity contribution in [1.82, 2.24) is 0 Å². The van der Waals surface area contributed by atoms with E-state index in [1.807, 2.05) is 12.1 Å². The van der Waals surface area contributed by atoms with Gasteiger partial charge in [0.25, 0.3) is 0 Å². The van der Waals surface area contributed by atoms with E-state index in [2.05, 4.69) is 0 Å². The molecule has 0 unspecified atom stereocenters. The Morgan fingerprint density at radius 2 is 2.19 bits per heavy atom. The largest absolute Gasteiger partial charge is 0.497 e. The Morgan fingerprint density at radius 1 is 1.44 bits per heavy atom. The van der Waals surface area contributed by atoms with Crippen molar-refractivity contribution in [2.24, 2.45) is 0 Å². The number of carboxylic acids is 1. The maximum atomic E-state index is 10.3. The molecule has 0 spiro atoms. The predicted octanol–water partition coefficient (Wildman–Crippen LogP) is 2.07. The van der Waals surface area contributed by atoms with Gasteiger partial charge >= 0.3 is 5.97 Å². The molecule has 4 heteroatoms. The number of hydrogen-bond acceptors (Lipinski definition) is 3. The summed E-state index contributed by atoms with van der Waals surface area (Å²) in [7, 11) is 1.60. The zero-order valence-corrected chi connectivity index (χ0v) is 9.40. The number of benzene rings is 1. The van der Waals surface area contributed by atoms with Crippen molar-refractivity contribution in [2.75, 3.05) is 12.8 Å². The van der Waals surface area contributed by atoms with Gasteiger partial charge in [-0.3, -0.25) is 4.79 Å². The minimum absolute atomic E-state index is 0.218. The van der Waals surface area contributed by atoms with E-state index < -0.39 is 5.97 Å². The molecule has 0 aliphatic carbocycles. The molecule has 0 aliphatic heterocycles. The first-order valence-corrected chi connectivity index (χ1v) is 5.27. The number of aryl methyl sites for hydroxylation is 1. The number of nitrogens with two attached hydrogens (primary N) is 1. The highest BCUT2D eigenvalue weighted by molar-refractivity contribution is 5.66. The van der Waals surface area contributed by atoms with Crippen molar-refractivity contribution >= 4 is 11.7 Å². The van der Waals surface area contributed by atoms with Crippen LogP contribution in [-0.4, -0.2) is 18.2 Å². The fourth-order valence-electron chi connectivity index (χ4n) is 1.52. The number of methoxy groups -OCH3 is 1. The lowest BCUT2D eigenvalue weighted by molar-refractivity contribution is -0.137. The molecule has 1 rings (SSSR count). The highest BCUT2D eigenvalue weighted by Crippen LogP contribution is 2.21. The summed E-state index contributed by atoms with van der Waals surface area (Å²) in [6, 6.07) is 5.57. The van der Waals surface area contributed by atoms with E-state index in [4.69, 9.17) is 15.6 Å². The van der Waals surface area contributed by atoms with Gasteiger partial charge in [0.05, 0.1) is 7.11 Å². The van der Waals surface area contributed by atoms with Gasteiger partial charge < -0.3 is 15.6 Å². The summed E-state index contributed by atoms with van der Waals surface area (Å²) in [4.78, 5) is 10.3. The molecule has 3 N–H and O–H groups in total. The van der Waals surface area contributed by atoms with Gasteiger partial charge in [0.2, 0.25) is 0 Å². The average Bonchev–Trinajstić information content (AvgIpc) is 2.25. The maximum Gasteiger partial charge on any atom is 0.303 e. The van der Waals surface area contributed by atoms with Gasteiger partial charge in [-0.1, -0.05) is 6.07 Å². The van der Waals surface area contributed by atoms with Crippen LogP contribution in [-0.2, 0) is 11.2 Å². The summed E-state index contributed by atoms with van der Waals surface area (Å²) in [5.74, 6) is -0.00510. The Bertz CT molecular complexity index is 363. The van der Waals surface area contributed by atoms with Gasteiger partial charge in [-0.2, -0.15) is 0 Å². The van der Waals surface area contributed by atoms with Crippen LogP contribution in [0.5, 0.6) is 5.75 Å². The predicted molar refractivity (Wildman–Crippen MR) is 62.6 cm³/mol. The van der Waals surface area contributed by atoms with Crippen LogP contribution in [0.2, 0.25) is 0 Å². The summed E-state index contributed by atoms with van der Waals surface area (Å²) < 4.78 is 5.05. The molecule has 0 aliphatic rings. The van der Waals surface area contributed by atoms with E-state index in [-0.39, 0.29) is 6.42 Å². The third-order valence-corrected chi connectivity index (χ3v) is 2.44. The number of rotatable bonds is 6. The lowest BCUT2D eigenvalue weighted by Gasteiger charge is -2.07. The molecule has 4 nitrogen and oxygen atoms in total. The van der Waals surface area contributed by atoms with Gasteiger partial charge in [-0.15, -0.1) is 0 Å². The number of anilines is 1. The van der Waals surface area contributed by atoms with Gasteiger partial charge in [-0.05, 0) is 30.9 Å². The van der Waals surface area contributed by atoms with Crippen molar-refractivity contribution in [2.45, 2.75) is 25.7 Å². The molecular formula is C12H17NO3. The Labute approximate surface area is 95.0 Å². The monoisotopic (exact) mass is 223 g/mol. The van der Waals surface area contributed by atoms with Crippen molar-refractivity contribution in [3.63, 3.8) is 0 Å². The Hall–Kier alpha value is -1.71. The van der Waals surface area contributed by atoms with Crippen molar-refractivity contribution in [3.05, 3.63) is 23.8 Å². The SMILES string of the molecule is COc1ccc(CCCCC(=O)O)c(N)c1. The van der Waals surface area contributed by atoms with Crippen LogP contribution in [0.1, 0.15) is 24.8 Å². The fraction of sp³-hybridized carbons (Fsp3) is 0.417. The minimum Gasteiger partial charge on any atom is -0.497 e. The van der Waals surface area contributed by atoms with Gasteiger partial charge in [0.15, 0.2) is 0 Å². The van der Waals surface area contributed by atoms with Gasteiger partial charge in [0.1, 0.15) is 5.75 Å². The second-order valence-electron chi connectivity index (χ2n) is 3.67. The lowest BCUT2D eigenvalue weighted by Crippen LogP contribution is -1.98. The van der Waals surface area contributed by atoms with Crippen molar-refractivity contribution in [3.8, 4) is 5.75 Å². The fourth-order valence-corrected chi connectivity index (χ4v) is 1.52. The molecule has 88 valence electrons. The second kappa shape index (κ2) is 6.00. The molecule has 0 saturated heterocycles. The van der Waals surface area contributed by atoms with E-state index in [0.29, 0.717) is 12.1 Å². The van der Waals surface area contributed by atoms with Crippen LogP contribution in [0.4, 0.5) is 5.69 Å². The zero-order chi connectivity index (χ0) is 12.0. The van der Waals surface area contributed by atoms with Crippen LogP contribution in [0, 0.1) is 0 Å². The van der Waals surface area contributed by atoms with E-state index in [1.165, 1.54) is 0 Å². The van der Waals surface area contributed by atoms with E-state index in [0.717, 1.165) is 24.2 Å². The highest BCUT2D eigenvalue weighted by Gasteiger charge is 2.02. The molecule has 16 heavy (non-hydrogen) atoms. The third-order valence-electron chi connectivity index (χ3n) is 2.44. The molecule has 0 aromatic heterocycles. The number of carbonyl (C=O) groups is 1. The van der Waals surface area contributed by atoms with E-state index in [9.17, 15) is 4.79 Å². The van der Waals surface area contributed by atoms with Gasteiger partial charge in [-0.25, -0.2) is 0 Å². The summed E-state index contributed by atoms with van der Waals surface area (Å²) in [5, 5.41) is 8.49. The second-order valence-corrected chi connectivity index (χ2v) is 3.67. The molecular weight excluding hydrogens is 206 g/mol. The smallest absolute Gasteiger partial charge is 0.303 e. The first kappa shape index (κ1) is 12.4. The van der Waals surface area contributed by atoms with Crippen molar-refractivity contribution in [1.29, 1.82) is 0 Å². The number of unbranched alkanes of at least 4 members (excludes halogenated alkanes) is 1. The minimum atomic E-state index is -0.747. The van der Waals surface area contributed by atoms with Crippen LogP contribution in [0.15, 0.2) is 18.2 Å². The molecule has 0 atom stereocenters. The van der Waals surface area contributed by atoms with E-state index >= 15 is 0 Å². The first-order chi connectivity index (χ1) is 7.63. The Kier molecular flexibility index (Phi) is 4.64. The van der Waals surface area contributed by atoms with E-state index in [1.54, 1.807) is 13.2 Å². The summed E-state index contributed by atoms with van der Waals surface area (Å²) in [6.07, 6.45) is 2.54. The van der Waals surface area contributed by atoms with Crippen LogP contribution >= 0.6 is 0 Å². The number of carboxylic acid groups (broad SMARTS) is 1. The molecule has 1 aromatic rings. The molecule has 0 bridgehead atoms. The molecule has 0 heterocycles. The number of ether oxygens (including phenoxy) is 1. The van der Waals surface area contributed by atoms with Gasteiger partial charge in [0, 0.05) is 18.2 Å². The van der Waals surface area contributed by atoms with Crippen molar-refractivity contribution < 1.29 is 14.6 Å². The summed E-state index contributed by atoms with van der Waals surface area (Å²) in [5.41, 5.74) is 7.59. The normalized spacial score (nSPS) is 10.1. The first-order valence-electron chi connectivity index (χ1n) is 5.27. The molecule has 0 saturated carbocycles. The lowest BCUT2D eigenvalue weighted by atomic mass is 10.1. The summed E-state index contributed by atoms with van der Waals surface area (Å²) >= 11 is 0. The number of nitrogen functional groups attached to an aromatic ring is 1. The molecule has 0 amide bonds. The topological polar surface area (TPSA) is 72.5 Å². The summed E-state index contributed by atoms with van der Waals surface area (Å²) in [6.45, 7) is 0. The standard InChI is InChI=1S/C12H17NO3/c1-16-10-7-6-9(11(13)8-10)4-2-3-5-12(14)15/h6-8H,2-5,13H2,1H3,(H,14,15). The Balaban J connectivity index is 2.45. The third kappa shape index (κ3) is 3.81. The quantitative estimate of drug-likeness (QED) is 0.572. The average molecular weight is 223 g/mol. The Morgan fingerprint density at radius 3 is 2.75 bits per heavy atom. The van der Waals surface area contributed by atoms with Crippen LogP contribution in [0.25, 0.3) is 0 Å². The van der Waals surface area contributed by atoms with Crippen LogP contribution < -0.4 is 10.5 Å². The molecule has 0 fully saturated rings. The number of aliphatic carboxylic acids is 1. The number of hydrogen-bond donors (Lipinski definition) is 2. The molecule has 0 radical (unpaired) electrons.